The molecule has 0 aliphatic rings. The fourth-order valence-corrected chi connectivity index (χ4v) is 2.88. The van der Waals surface area contributed by atoms with Crippen molar-refractivity contribution < 1.29 is 5.21 Å². The van der Waals surface area contributed by atoms with E-state index in [1.54, 1.807) is 0 Å². The Labute approximate surface area is 136 Å². The number of benzene rings is 2. The highest BCUT2D eigenvalue weighted by Crippen LogP contribution is 2.31. The van der Waals surface area contributed by atoms with Crippen LogP contribution in [0.2, 0.25) is 0 Å². The molecule has 0 radical (unpaired) electrons. The minimum Gasteiger partial charge on any atom is -0.354 e. The quantitative estimate of drug-likeness (QED) is 0.600. The van der Waals surface area contributed by atoms with Gasteiger partial charge >= 0.3 is 0 Å². The minimum atomic E-state index is 0.692. The van der Waals surface area contributed by atoms with E-state index in [9.17, 15) is 0 Å². The number of fused-ring (bicyclic) bond motifs is 1. The van der Waals surface area contributed by atoms with E-state index in [4.69, 9.17) is 5.21 Å². The van der Waals surface area contributed by atoms with Crippen LogP contribution in [0.25, 0.3) is 22.2 Å². The van der Waals surface area contributed by atoms with Crippen molar-refractivity contribution in [1.29, 1.82) is 0 Å². The molecule has 2 aromatic carbocycles. The van der Waals surface area contributed by atoms with Gasteiger partial charge < -0.3 is 9.88 Å². The second-order valence-electron chi connectivity index (χ2n) is 5.86. The lowest BCUT2D eigenvalue weighted by atomic mass is 10.0. The number of rotatable bonds is 6. The highest BCUT2D eigenvalue weighted by Gasteiger charge is 2.13. The van der Waals surface area contributed by atoms with E-state index < -0.39 is 0 Å². The maximum Gasteiger partial charge on any atom is 0.0602 e. The molecule has 1 heterocycles. The molecule has 120 valence electrons. The largest absolute Gasteiger partial charge is 0.354 e. The predicted molar refractivity (Wildman–Crippen MR) is 96.0 cm³/mol. The molecule has 0 aliphatic carbocycles. The Bertz CT molecular complexity index is 777. The van der Waals surface area contributed by atoms with Crippen molar-refractivity contribution in [3.63, 3.8) is 0 Å². The summed E-state index contributed by atoms with van der Waals surface area (Å²) in [6.07, 6.45) is 1.00. The average molecular weight is 309 g/mol. The van der Waals surface area contributed by atoms with Gasteiger partial charge in [0.05, 0.1) is 5.69 Å². The Balaban J connectivity index is 2.03. The first-order chi connectivity index (χ1) is 11.2. The fraction of sp³-hybridized carbons (Fsp3) is 0.263. The minimum absolute atomic E-state index is 0.692. The SMILES string of the molecule is CCN(C)CCc1c(-c2ccc(NO)cc2)[nH]c2ccccc12. The molecule has 0 saturated heterocycles. The van der Waals surface area contributed by atoms with Crippen molar-refractivity contribution in [2.45, 2.75) is 13.3 Å². The van der Waals surface area contributed by atoms with E-state index in [1.807, 2.05) is 24.3 Å². The number of anilines is 1. The zero-order valence-corrected chi connectivity index (χ0v) is 13.6. The highest BCUT2D eigenvalue weighted by molar-refractivity contribution is 5.90. The van der Waals surface area contributed by atoms with Gasteiger partial charge in [-0.3, -0.25) is 10.7 Å². The zero-order valence-electron chi connectivity index (χ0n) is 13.6. The van der Waals surface area contributed by atoms with Crippen LogP contribution in [0.4, 0.5) is 5.69 Å². The van der Waals surface area contributed by atoms with Gasteiger partial charge in [0.15, 0.2) is 0 Å². The number of nitrogens with one attached hydrogen (secondary N) is 2. The van der Waals surface area contributed by atoms with Gasteiger partial charge in [-0.1, -0.05) is 37.3 Å². The van der Waals surface area contributed by atoms with E-state index >= 15 is 0 Å². The lowest BCUT2D eigenvalue weighted by Crippen LogP contribution is -2.20. The van der Waals surface area contributed by atoms with Crippen molar-refractivity contribution in [2.75, 3.05) is 25.6 Å². The number of likely N-dealkylation sites (N-methyl/N-ethyl adjacent to an activating group) is 1. The molecular formula is C19H23N3O. The maximum atomic E-state index is 8.98. The molecular weight excluding hydrogens is 286 g/mol. The summed E-state index contributed by atoms with van der Waals surface area (Å²) in [5.74, 6) is 0. The number of aromatic nitrogens is 1. The monoisotopic (exact) mass is 309 g/mol. The van der Waals surface area contributed by atoms with Crippen LogP contribution in [0, 0.1) is 0 Å². The van der Waals surface area contributed by atoms with Gasteiger partial charge in [-0.25, -0.2) is 0 Å². The van der Waals surface area contributed by atoms with Crippen LogP contribution in [0.3, 0.4) is 0 Å². The summed E-state index contributed by atoms with van der Waals surface area (Å²) >= 11 is 0. The van der Waals surface area contributed by atoms with Crippen molar-refractivity contribution in [1.82, 2.24) is 9.88 Å². The van der Waals surface area contributed by atoms with Gasteiger partial charge in [-0.15, -0.1) is 0 Å². The van der Waals surface area contributed by atoms with Gasteiger partial charge in [-0.05, 0) is 49.3 Å². The Hall–Kier alpha value is -2.30. The maximum absolute atomic E-state index is 8.98. The van der Waals surface area contributed by atoms with Gasteiger partial charge in [0.2, 0.25) is 0 Å². The van der Waals surface area contributed by atoms with E-state index in [-0.39, 0.29) is 0 Å². The Morgan fingerprint density at radius 1 is 1.09 bits per heavy atom. The third kappa shape index (κ3) is 3.23. The van der Waals surface area contributed by atoms with E-state index in [0.29, 0.717) is 5.69 Å². The third-order valence-corrected chi connectivity index (χ3v) is 4.40. The Kier molecular flexibility index (Phi) is 4.65. The number of H-pyrrole nitrogens is 1. The molecule has 23 heavy (non-hydrogen) atoms. The first-order valence-electron chi connectivity index (χ1n) is 8.01. The summed E-state index contributed by atoms with van der Waals surface area (Å²) < 4.78 is 0. The number of nitrogens with zero attached hydrogens (tertiary/aromatic N) is 1. The van der Waals surface area contributed by atoms with E-state index in [1.165, 1.54) is 22.2 Å². The summed E-state index contributed by atoms with van der Waals surface area (Å²) in [4.78, 5) is 5.88. The molecule has 0 aliphatic heterocycles. The lowest BCUT2D eigenvalue weighted by molar-refractivity contribution is 0.358. The van der Waals surface area contributed by atoms with Crippen LogP contribution < -0.4 is 5.48 Å². The molecule has 0 saturated carbocycles. The van der Waals surface area contributed by atoms with Crippen LogP contribution in [0.1, 0.15) is 12.5 Å². The molecule has 4 nitrogen and oxygen atoms in total. The highest BCUT2D eigenvalue weighted by atomic mass is 16.5. The summed E-state index contributed by atoms with van der Waals surface area (Å²) in [5, 5.41) is 10.3. The van der Waals surface area contributed by atoms with Crippen LogP contribution in [-0.2, 0) is 6.42 Å². The molecule has 1 aromatic heterocycles. The van der Waals surface area contributed by atoms with E-state index in [2.05, 4.69) is 53.6 Å². The normalized spacial score (nSPS) is 11.3. The lowest BCUT2D eigenvalue weighted by Gasteiger charge is -2.14. The summed E-state index contributed by atoms with van der Waals surface area (Å²) in [6.45, 7) is 4.26. The molecule has 0 amide bonds. The van der Waals surface area contributed by atoms with E-state index in [0.717, 1.165) is 25.1 Å². The van der Waals surface area contributed by atoms with Gasteiger partial charge in [-0.2, -0.15) is 0 Å². The fourth-order valence-electron chi connectivity index (χ4n) is 2.88. The molecule has 3 rings (SSSR count). The third-order valence-electron chi connectivity index (χ3n) is 4.40. The second kappa shape index (κ2) is 6.86. The predicted octanol–water partition coefficient (Wildman–Crippen LogP) is 4.13. The van der Waals surface area contributed by atoms with Crippen LogP contribution in [0.15, 0.2) is 48.5 Å². The molecule has 4 heteroatoms. The molecule has 0 spiro atoms. The van der Waals surface area contributed by atoms with Crippen LogP contribution >= 0.6 is 0 Å². The van der Waals surface area contributed by atoms with Crippen molar-refractivity contribution >= 4 is 16.6 Å². The zero-order chi connectivity index (χ0) is 16.2. The van der Waals surface area contributed by atoms with Gasteiger partial charge in [0.25, 0.3) is 0 Å². The molecule has 0 fully saturated rings. The first kappa shape index (κ1) is 15.6. The number of hydrogen-bond acceptors (Lipinski definition) is 3. The summed E-state index contributed by atoms with van der Waals surface area (Å²) in [5.41, 5.74) is 7.69. The second-order valence-corrected chi connectivity index (χ2v) is 5.86. The number of hydrogen-bond donors (Lipinski definition) is 3. The smallest absolute Gasteiger partial charge is 0.0602 e. The Morgan fingerprint density at radius 2 is 1.83 bits per heavy atom. The number of para-hydroxylation sites is 1. The van der Waals surface area contributed by atoms with Crippen molar-refractivity contribution in [3.8, 4) is 11.3 Å². The van der Waals surface area contributed by atoms with Crippen LogP contribution in [-0.4, -0.2) is 35.2 Å². The van der Waals surface area contributed by atoms with Crippen LogP contribution in [0.5, 0.6) is 0 Å². The molecule has 0 atom stereocenters. The standard InChI is InChI=1S/C19H23N3O/c1-3-22(2)13-12-17-16-6-4-5-7-18(16)20-19(17)14-8-10-15(21-23)11-9-14/h4-11,20-21,23H,3,12-13H2,1-2H3. The molecule has 3 N–H and O–H groups in total. The summed E-state index contributed by atoms with van der Waals surface area (Å²) in [6, 6.07) is 16.3. The van der Waals surface area contributed by atoms with Crippen molar-refractivity contribution in [3.05, 3.63) is 54.1 Å². The van der Waals surface area contributed by atoms with Gasteiger partial charge in [0.1, 0.15) is 0 Å². The summed E-state index contributed by atoms with van der Waals surface area (Å²) in [7, 11) is 2.15. The Morgan fingerprint density at radius 3 is 2.52 bits per heavy atom. The van der Waals surface area contributed by atoms with Gasteiger partial charge in [0, 0.05) is 23.1 Å². The molecule has 0 unspecified atom stereocenters. The average Bonchev–Trinajstić information content (AvgIpc) is 2.98. The molecule has 3 aromatic rings. The molecule has 0 bridgehead atoms. The first-order valence-corrected chi connectivity index (χ1v) is 8.01. The number of aromatic amines is 1. The topological polar surface area (TPSA) is 51.3 Å². The van der Waals surface area contributed by atoms with Crippen molar-refractivity contribution in [2.24, 2.45) is 0 Å².